The van der Waals surface area contributed by atoms with Crippen LogP contribution in [0.15, 0.2) is 35.7 Å². The third-order valence-corrected chi connectivity index (χ3v) is 4.23. The Morgan fingerprint density at radius 2 is 2.06 bits per heavy atom. The van der Waals surface area contributed by atoms with Crippen LogP contribution in [0.25, 0.3) is 0 Å². The van der Waals surface area contributed by atoms with E-state index in [1.165, 1.54) is 11.3 Å². The molecule has 0 bridgehead atoms. The normalized spacial score (nSPS) is 10.1. The highest BCUT2D eigenvalue weighted by molar-refractivity contribution is 14.1. The Hall–Kier alpha value is -0.590. The van der Waals surface area contributed by atoms with Gasteiger partial charge in [0.25, 0.3) is 5.91 Å². The summed E-state index contributed by atoms with van der Waals surface area (Å²) in [5.41, 5.74) is 0.803. The van der Waals surface area contributed by atoms with Gasteiger partial charge in [-0.3, -0.25) is 4.79 Å². The minimum absolute atomic E-state index is 0.163. The van der Waals surface area contributed by atoms with Crippen LogP contribution in [-0.4, -0.2) is 5.91 Å². The molecule has 0 radical (unpaired) electrons. The van der Waals surface area contributed by atoms with E-state index in [-0.39, 0.29) is 5.91 Å². The molecular weight excluding hydrogens is 357 g/mol. The zero-order valence-electron chi connectivity index (χ0n) is 8.04. The molecule has 5 heteroatoms. The van der Waals surface area contributed by atoms with E-state index in [0.29, 0.717) is 9.90 Å². The number of para-hydroxylation sites is 1. The maximum Gasteiger partial charge on any atom is 0.267 e. The van der Waals surface area contributed by atoms with Crippen LogP contribution in [0.5, 0.6) is 0 Å². The number of hydrogen-bond donors (Lipinski definition) is 1. The molecule has 0 fully saturated rings. The van der Waals surface area contributed by atoms with E-state index >= 15 is 0 Å². The lowest BCUT2D eigenvalue weighted by Crippen LogP contribution is -2.11. The lowest BCUT2D eigenvalue weighted by Gasteiger charge is -2.05. The van der Waals surface area contributed by atoms with Gasteiger partial charge in [0.15, 0.2) is 0 Å². The number of carbonyl (C=O) groups excluding carboxylic acids is 1. The van der Waals surface area contributed by atoms with Gasteiger partial charge in [-0.15, -0.1) is 11.3 Å². The first kappa shape index (κ1) is 11.9. The summed E-state index contributed by atoms with van der Waals surface area (Å²) in [6.07, 6.45) is 0. The second-order valence-corrected chi connectivity index (χ2v) is 5.52. The second-order valence-electron chi connectivity index (χ2n) is 3.03. The molecule has 0 unspecified atom stereocenters. The van der Waals surface area contributed by atoms with Crippen LogP contribution in [0.3, 0.4) is 0 Å². The number of nitrogens with one attached hydrogen (secondary N) is 1. The number of thiophene rings is 1. The van der Waals surface area contributed by atoms with Gasteiger partial charge in [0.05, 0.1) is 10.7 Å². The van der Waals surface area contributed by atoms with Gasteiger partial charge in [-0.25, -0.2) is 0 Å². The lowest BCUT2D eigenvalue weighted by molar-refractivity contribution is 0.103. The molecule has 2 rings (SSSR count). The van der Waals surface area contributed by atoms with E-state index < -0.39 is 0 Å². The first-order chi connectivity index (χ1) is 7.68. The first-order valence-corrected chi connectivity index (χ1v) is 6.81. The van der Waals surface area contributed by atoms with E-state index in [9.17, 15) is 4.79 Å². The van der Waals surface area contributed by atoms with E-state index in [4.69, 9.17) is 11.6 Å². The minimum atomic E-state index is -0.163. The van der Waals surface area contributed by atoms with Crippen molar-refractivity contribution < 1.29 is 4.79 Å². The van der Waals surface area contributed by atoms with Gasteiger partial charge in [0, 0.05) is 3.57 Å². The van der Waals surface area contributed by atoms with Crippen LogP contribution in [0, 0.1) is 3.57 Å². The van der Waals surface area contributed by atoms with Gasteiger partial charge in [-0.1, -0.05) is 23.7 Å². The van der Waals surface area contributed by atoms with E-state index in [2.05, 4.69) is 27.9 Å². The molecule has 1 aromatic carbocycles. The van der Waals surface area contributed by atoms with Crippen molar-refractivity contribution in [1.29, 1.82) is 0 Å². The summed E-state index contributed by atoms with van der Waals surface area (Å²) < 4.78 is 1.00. The Morgan fingerprint density at radius 3 is 2.69 bits per heavy atom. The molecule has 2 nitrogen and oxygen atoms in total. The van der Waals surface area contributed by atoms with Gasteiger partial charge >= 0.3 is 0 Å². The zero-order chi connectivity index (χ0) is 11.5. The Balaban J connectivity index is 2.21. The quantitative estimate of drug-likeness (QED) is 0.794. The molecule has 2 aromatic rings. The van der Waals surface area contributed by atoms with Crippen LogP contribution in [-0.2, 0) is 0 Å². The van der Waals surface area contributed by atoms with Crippen LogP contribution < -0.4 is 5.32 Å². The summed E-state index contributed by atoms with van der Waals surface area (Å²) in [4.78, 5) is 12.4. The molecule has 0 saturated carbocycles. The van der Waals surface area contributed by atoms with Crippen molar-refractivity contribution >= 4 is 57.1 Å². The molecule has 0 spiro atoms. The summed E-state index contributed by atoms with van der Waals surface area (Å²) in [6.45, 7) is 0. The van der Waals surface area contributed by atoms with Crippen molar-refractivity contribution in [2.75, 3.05) is 5.32 Å². The molecule has 82 valence electrons. The number of rotatable bonds is 2. The molecule has 1 heterocycles. The molecule has 0 saturated heterocycles. The number of hydrogen-bond acceptors (Lipinski definition) is 2. The van der Waals surface area contributed by atoms with E-state index in [0.717, 1.165) is 9.26 Å². The standard InChI is InChI=1S/C11H7ClINOS/c12-7-5-6-16-10(7)11(15)14-9-4-2-1-3-8(9)13/h1-6H,(H,14,15). The molecule has 1 N–H and O–H groups in total. The van der Waals surface area contributed by atoms with Crippen LogP contribution in [0.2, 0.25) is 5.02 Å². The molecular formula is C11H7ClINOS. The molecule has 0 aliphatic carbocycles. The summed E-state index contributed by atoms with van der Waals surface area (Å²) >= 11 is 9.40. The Labute approximate surface area is 116 Å². The topological polar surface area (TPSA) is 29.1 Å². The number of benzene rings is 1. The zero-order valence-corrected chi connectivity index (χ0v) is 11.8. The van der Waals surface area contributed by atoms with Gasteiger partial charge in [0.2, 0.25) is 0 Å². The van der Waals surface area contributed by atoms with Crippen molar-refractivity contribution in [2.45, 2.75) is 0 Å². The molecule has 16 heavy (non-hydrogen) atoms. The Kier molecular flexibility index (Phi) is 3.83. The number of halogens is 2. The fourth-order valence-corrected chi connectivity index (χ4v) is 2.76. The van der Waals surface area contributed by atoms with Gasteiger partial charge < -0.3 is 5.32 Å². The molecule has 0 aliphatic rings. The third-order valence-electron chi connectivity index (χ3n) is 1.95. The first-order valence-electron chi connectivity index (χ1n) is 4.47. The lowest BCUT2D eigenvalue weighted by atomic mass is 10.3. The Morgan fingerprint density at radius 1 is 1.31 bits per heavy atom. The van der Waals surface area contributed by atoms with Crippen molar-refractivity contribution in [2.24, 2.45) is 0 Å². The maximum atomic E-state index is 11.9. The predicted molar refractivity (Wildman–Crippen MR) is 76.4 cm³/mol. The maximum absolute atomic E-state index is 11.9. The highest BCUT2D eigenvalue weighted by Crippen LogP contribution is 2.24. The molecule has 1 amide bonds. The number of carbonyl (C=O) groups is 1. The van der Waals surface area contributed by atoms with Crippen LogP contribution in [0.1, 0.15) is 9.67 Å². The van der Waals surface area contributed by atoms with Crippen LogP contribution >= 0.6 is 45.5 Å². The SMILES string of the molecule is O=C(Nc1ccccc1I)c1sccc1Cl. The van der Waals surface area contributed by atoms with Gasteiger partial charge in [-0.2, -0.15) is 0 Å². The largest absolute Gasteiger partial charge is 0.320 e. The average Bonchev–Trinajstić information content (AvgIpc) is 2.68. The van der Waals surface area contributed by atoms with Gasteiger partial charge in [0.1, 0.15) is 4.88 Å². The summed E-state index contributed by atoms with van der Waals surface area (Å²) in [5, 5.41) is 5.13. The summed E-state index contributed by atoms with van der Waals surface area (Å²) in [6, 6.07) is 9.33. The monoisotopic (exact) mass is 363 g/mol. The fraction of sp³-hybridized carbons (Fsp3) is 0. The molecule has 0 atom stereocenters. The van der Waals surface area contributed by atoms with E-state index in [1.54, 1.807) is 11.4 Å². The summed E-state index contributed by atoms with van der Waals surface area (Å²) in [7, 11) is 0. The second kappa shape index (κ2) is 5.16. The highest BCUT2D eigenvalue weighted by Gasteiger charge is 2.12. The summed E-state index contributed by atoms with van der Waals surface area (Å²) in [5.74, 6) is -0.163. The van der Waals surface area contributed by atoms with Crippen molar-refractivity contribution in [3.8, 4) is 0 Å². The predicted octanol–water partition coefficient (Wildman–Crippen LogP) is 4.26. The van der Waals surface area contributed by atoms with E-state index in [1.807, 2.05) is 24.3 Å². The molecule has 0 aliphatic heterocycles. The smallest absolute Gasteiger partial charge is 0.267 e. The van der Waals surface area contributed by atoms with Crippen LogP contribution in [0.4, 0.5) is 5.69 Å². The van der Waals surface area contributed by atoms with Crippen molar-refractivity contribution in [1.82, 2.24) is 0 Å². The highest BCUT2D eigenvalue weighted by atomic mass is 127. The van der Waals surface area contributed by atoms with Gasteiger partial charge in [-0.05, 0) is 46.2 Å². The molecule has 1 aromatic heterocycles. The fourth-order valence-electron chi connectivity index (χ4n) is 1.20. The Bertz CT molecular complexity index is 526. The minimum Gasteiger partial charge on any atom is -0.320 e. The third kappa shape index (κ3) is 2.56. The number of amides is 1. The van der Waals surface area contributed by atoms with Crippen molar-refractivity contribution in [3.05, 3.63) is 49.2 Å². The average molecular weight is 364 g/mol. The number of anilines is 1. The van der Waals surface area contributed by atoms with Crippen molar-refractivity contribution in [3.63, 3.8) is 0 Å².